The lowest BCUT2D eigenvalue weighted by Crippen LogP contribution is -2.30. The second-order valence-electron chi connectivity index (χ2n) is 6.74. The average Bonchev–Trinajstić information content (AvgIpc) is 3.12. The van der Waals surface area contributed by atoms with E-state index >= 15 is 0 Å². The molecule has 0 saturated heterocycles. The van der Waals surface area contributed by atoms with Gasteiger partial charge in [-0.1, -0.05) is 24.6 Å². The van der Waals surface area contributed by atoms with Crippen molar-refractivity contribution < 1.29 is 37.0 Å². The standard InChI is InChI=1S/C20H17F4NO4/c21-16-10-12(11-3-1-4-13(9-11)29-20(22,23)24)7-8-17(16)25-18(26)14-5-2-6-15(14)19(27)28/h1,3-4,7-10,14-15H,2,5-6H2,(H,25,26)(H,27,28). The Hall–Kier alpha value is -3.10. The topological polar surface area (TPSA) is 75.6 Å². The molecule has 0 bridgehead atoms. The number of ether oxygens (including phenoxy) is 1. The van der Waals surface area contributed by atoms with Crippen molar-refractivity contribution in [2.75, 3.05) is 5.32 Å². The molecule has 9 heteroatoms. The van der Waals surface area contributed by atoms with Gasteiger partial charge in [0.1, 0.15) is 11.6 Å². The number of nitrogens with one attached hydrogen (secondary N) is 1. The van der Waals surface area contributed by atoms with Gasteiger partial charge in [-0.25, -0.2) is 4.39 Å². The van der Waals surface area contributed by atoms with Gasteiger partial charge in [-0.2, -0.15) is 0 Å². The minimum absolute atomic E-state index is 0.127. The summed E-state index contributed by atoms with van der Waals surface area (Å²) in [4.78, 5) is 23.6. The fourth-order valence-electron chi connectivity index (χ4n) is 3.46. The Bertz CT molecular complexity index is 929. The number of carbonyl (C=O) groups is 2. The Morgan fingerprint density at radius 3 is 2.38 bits per heavy atom. The number of rotatable bonds is 5. The number of hydrogen-bond acceptors (Lipinski definition) is 3. The SMILES string of the molecule is O=C(O)C1CCCC1C(=O)Nc1ccc(-c2cccc(OC(F)(F)F)c2)cc1F. The predicted octanol–water partition coefficient (Wildman–Crippen LogP) is 4.83. The van der Waals surface area contributed by atoms with Crippen molar-refractivity contribution in [3.63, 3.8) is 0 Å². The van der Waals surface area contributed by atoms with E-state index in [4.69, 9.17) is 0 Å². The first-order chi connectivity index (χ1) is 13.6. The summed E-state index contributed by atoms with van der Waals surface area (Å²) in [6, 6.07) is 8.88. The minimum atomic E-state index is -4.84. The average molecular weight is 411 g/mol. The van der Waals surface area contributed by atoms with Gasteiger partial charge in [0.25, 0.3) is 0 Å². The van der Waals surface area contributed by atoms with Gasteiger partial charge in [0, 0.05) is 0 Å². The first-order valence-electron chi connectivity index (χ1n) is 8.83. The molecule has 0 radical (unpaired) electrons. The fourth-order valence-corrected chi connectivity index (χ4v) is 3.46. The zero-order valence-corrected chi connectivity index (χ0v) is 15.0. The number of carboxylic acid groups (broad SMARTS) is 1. The van der Waals surface area contributed by atoms with Crippen LogP contribution in [0.1, 0.15) is 19.3 Å². The van der Waals surface area contributed by atoms with E-state index in [9.17, 15) is 32.3 Å². The van der Waals surface area contributed by atoms with Crippen LogP contribution in [-0.4, -0.2) is 23.3 Å². The molecule has 154 valence electrons. The Kier molecular flexibility index (Phi) is 5.76. The van der Waals surface area contributed by atoms with Crippen LogP contribution < -0.4 is 10.1 Å². The van der Waals surface area contributed by atoms with E-state index in [1.54, 1.807) is 0 Å². The third kappa shape index (κ3) is 5.04. The normalized spacial score (nSPS) is 19.0. The zero-order chi connectivity index (χ0) is 21.2. The summed E-state index contributed by atoms with van der Waals surface area (Å²) in [5, 5.41) is 11.6. The largest absolute Gasteiger partial charge is 0.573 e. The van der Waals surface area contributed by atoms with Crippen LogP contribution in [0.4, 0.5) is 23.2 Å². The molecule has 0 aromatic heterocycles. The Morgan fingerprint density at radius 1 is 1.03 bits per heavy atom. The van der Waals surface area contributed by atoms with E-state index in [1.807, 2.05) is 0 Å². The minimum Gasteiger partial charge on any atom is -0.481 e. The summed E-state index contributed by atoms with van der Waals surface area (Å²) < 4.78 is 55.4. The molecule has 2 aromatic carbocycles. The second kappa shape index (κ2) is 8.10. The molecule has 0 aliphatic heterocycles. The molecule has 3 rings (SSSR count). The van der Waals surface area contributed by atoms with E-state index in [2.05, 4.69) is 10.1 Å². The molecule has 0 heterocycles. The second-order valence-corrected chi connectivity index (χ2v) is 6.74. The van der Waals surface area contributed by atoms with Crippen molar-refractivity contribution in [2.24, 2.45) is 11.8 Å². The predicted molar refractivity (Wildman–Crippen MR) is 95.6 cm³/mol. The summed E-state index contributed by atoms with van der Waals surface area (Å²) >= 11 is 0. The molecule has 1 aliphatic carbocycles. The smallest absolute Gasteiger partial charge is 0.481 e. The maximum Gasteiger partial charge on any atom is 0.573 e. The summed E-state index contributed by atoms with van der Waals surface area (Å²) in [5.74, 6) is -4.38. The molecule has 5 nitrogen and oxygen atoms in total. The van der Waals surface area contributed by atoms with Crippen molar-refractivity contribution in [2.45, 2.75) is 25.6 Å². The molecule has 1 saturated carbocycles. The van der Waals surface area contributed by atoms with E-state index in [0.29, 0.717) is 24.8 Å². The summed E-state index contributed by atoms with van der Waals surface area (Å²) in [6.07, 6.45) is -3.43. The van der Waals surface area contributed by atoms with Crippen LogP contribution in [0, 0.1) is 17.7 Å². The molecular weight excluding hydrogens is 394 g/mol. The highest BCUT2D eigenvalue weighted by Crippen LogP contribution is 2.34. The number of halogens is 4. The molecule has 2 unspecified atom stereocenters. The van der Waals surface area contributed by atoms with Crippen LogP contribution in [0.15, 0.2) is 42.5 Å². The molecule has 2 aromatic rings. The number of carboxylic acids is 1. The maximum absolute atomic E-state index is 14.5. The highest BCUT2D eigenvalue weighted by atomic mass is 19.4. The van der Waals surface area contributed by atoms with E-state index < -0.39 is 41.6 Å². The molecule has 1 fully saturated rings. The monoisotopic (exact) mass is 411 g/mol. The third-order valence-corrected chi connectivity index (χ3v) is 4.80. The third-order valence-electron chi connectivity index (χ3n) is 4.80. The summed E-state index contributed by atoms with van der Waals surface area (Å²) in [5.41, 5.74) is 0.458. The number of benzene rings is 2. The van der Waals surface area contributed by atoms with Gasteiger partial charge in [-0.3, -0.25) is 9.59 Å². The zero-order valence-electron chi connectivity index (χ0n) is 15.0. The number of alkyl halides is 3. The maximum atomic E-state index is 14.5. The van der Waals surface area contributed by atoms with Crippen LogP contribution >= 0.6 is 0 Å². The highest BCUT2D eigenvalue weighted by molar-refractivity contribution is 5.95. The van der Waals surface area contributed by atoms with Gasteiger partial charge < -0.3 is 15.2 Å². The lowest BCUT2D eigenvalue weighted by molar-refractivity contribution is -0.274. The van der Waals surface area contributed by atoms with E-state index in [-0.39, 0.29) is 11.3 Å². The fraction of sp³-hybridized carbons (Fsp3) is 0.300. The van der Waals surface area contributed by atoms with Crippen molar-refractivity contribution in [3.05, 3.63) is 48.3 Å². The van der Waals surface area contributed by atoms with Gasteiger partial charge >= 0.3 is 12.3 Å². The van der Waals surface area contributed by atoms with Gasteiger partial charge in [0.05, 0.1) is 17.5 Å². The first-order valence-corrected chi connectivity index (χ1v) is 8.83. The Balaban J connectivity index is 1.76. The van der Waals surface area contributed by atoms with Gasteiger partial charge in [-0.05, 0) is 48.2 Å². The number of carbonyl (C=O) groups excluding carboxylic acids is 1. The van der Waals surface area contributed by atoms with E-state index in [0.717, 1.165) is 18.2 Å². The number of anilines is 1. The lowest BCUT2D eigenvalue weighted by atomic mass is 9.95. The Morgan fingerprint density at radius 2 is 1.72 bits per heavy atom. The molecular formula is C20H17F4NO4. The molecule has 0 spiro atoms. The molecule has 1 aliphatic rings. The van der Waals surface area contributed by atoms with Crippen molar-refractivity contribution in [1.29, 1.82) is 0 Å². The van der Waals surface area contributed by atoms with Crippen LogP contribution in [0.25, 0.3) is 11.1 Å². The Labute approximate surface area is 163 Å². The summed E-state index contributed by atoms with van der Waals surface area (Å²) in [7, 11) is 0. The quantitative estimate of drug-likeness (QED) is 0.691. The van der Waals surface area contributed by atoms with Crippen LogP contribution in [0.5, 0.6) is 5.75 Å². The van der Waals surface area contributed by atoms with Crippen molar-refractivity contribution >= 4 is 17.6 Å². The van der Waals surface area contributed by atoms with Gasteiger partial charge in [0.15, 0.2) is 0 Å². The van der Waals surface area contributed by atoms with Crippen molar-refractivity contribution in [3.8, 4) is 16.9 Å². The summed E-state index contributed by atoms with van der Waals surface area (Å²) in [6.45, 7) is 0. The van der Waals surface area contributed by atoms with Gasteiger partial charge in [-0.15, -0.1) is 13.2 Å². The van der Waals surface area contributed by atoms with Crippen LogP contribution in [0.3, 0.4) is 0 Å². The van der Waals surface area contributed by atoms with Crippen LogP contribution in [0.2, 0.25) is 0 Å². The number of amides is 1. The van der Waals surface area contributed by atoms with Crippen LogP contribution in [-0.2, 0) is 9.59 Å². The highest BCUT2D eigenvalue weighted by Gasteiger charge is 2.38. The van der Waals surface area contributed by atoms with Gasteiger partial charge in [0.2, 0.25) is 5.91 Å². The van der Waals surface area contributed by atoms with Crippen molar-refractivity contribution in [1.82, 2.24) is 0 Å². The molecule has 29 heavy (non-hydrogen) atoms. The van der Waals surface area contributed by atoms with E-state index in [1.165, 1.54) is 24.3 Å². The molecule has 1 amide bonds. The molecule has 2 N–H and O–H groups in total. The molecule has 2 atom stereocenters. The number of aliphatic carboxylic acids is 1. The first kappa shape index (κ1) is 20.6. The lowest BCUT2D eigenvalue weighted by Gasteiger charge is -2.16. The number of hydrogen-bond donors (Lipinski definition) is 2.